The minimum Gasteiger partial charge on any atom is -0.480 e. The number of amides is 1. The fourth-order valence-electron chi connectivity index (χ4n) is 2.54. The number of piperidine rings is 1. The summed E-state index contributed by atoms with van der Waals surface area (Å²) in [5.74, 6) is -0.918. The van der Waals surface area contributed by atoms with Crippen LogP contribution in [-0.2, 0) is 16.0 Å². The van der Waals surface area contributed by atoms with Crippen LogP contribution >= 0.6 is 11.3 Å². The van der Waals surface area contributed by atoms with E-state index in [0.717, 1.165) is 36.4 Å². The van der Waals surface area contributed by atoms with Crippen molar-refractivity contribution >= 4 is 23.2 Å². The molecule has 1 aromatic heterocycles. The molecular formula is C14H20N2O3S. The number of aryl methyl sites for hydroxylation is 2. The lowest BCUT2D eigenvalue weighted by molar-refractivity contribution is -0.152. The molecule has 1 aliphatic rings. The van der Waals surface area contributed by atoms with Crippen LogP contribution in [0.2, 0.25) is 0 Å². The van der Waals surface area contributed by atoms with Crippen LogP contribution < -0.4 is 0 Å². The molecule has 0 bridgehead atoms. The second-order valence-corrected chi connectivity index (χ2v) is 6.12. The van der Waals surface area contributed by atoms with Crippen LogP contribution in [0.25, 0.3) is 0 Å². The van der Waals surface area contributed by atoms with E-state index < -0.39 is 12.0 Å². The first-order chi connectivity index (χ1) is 9.58. The van der Waals surface area contributed by atoms with Gasteiger partial charge in [0.2, 0.25) is 5.91 Å². The number of likely N-dealkylation sites (tertiary alicyclic amines) is 1. The van der Waals surface area contributed by atoms with Crippen molar-refractivity contribution in [2.24, 2.45) is 0 Å². The SMILES string of the molecule is Cc1csc(CCCC(=O)N2CCCCC2C(=O)O)n1. The van der Waals surface area contributed by atoms with Gasteiger partial charge in [0, 0.05) is 24.0 Å². The molecule has 1 N–H and O–H groups in total. The molecule has 1 fully saturated rings. The third-order valence-corrected chi connectivity index (χ3v) is 4.58. The van der Waals surface area contributed by atoms with Crippen LogP contribution in [0.4, 0.5) is 0 Å². The van der Waals surface area contributed by atoms with Gasteiger partial charge in [-0.25, -0.2) is 9.78 Å². The first-order valence-corrected chi connectivity index (χ1v) is 7.89. The Bertz CT molecular complexity index is 487. The van der Waals surface area contributed by atoms with E-state index in [1.807, 2.05) is 12.3 Å². The molecule has 1 unspecified atom stereocenters. The standard InChI is InChI=1S/C14H20N2O3S/c1-10-9-20-12(15-10)6-4-7-13(17)16-8-3-2-5-11(16)14(18)19/h9,11H,2-8H2,1H3,(H,18,19). The Balaban J connectivity index is 1.82. The van der Waals surface area contributed by atoms with Crippen molar-refractivity contribution in [3.05, 3.63) is 16.1 Å². The molecule has 0 spiro atoms. The molecule has 2 rings (SSSR count). The lowest BCUT2D eigenvalue weighted by Crippen LogP contribution is -2.47. The number of hydrogen-bond acceptors (Lipinski definition) is 4. The molecular weight excluding hydrogens is 276 g/mol. The monoisotopic (exact) mass is 296 g/mol. The average Bonchev–Trinajstić information content (AvgIpc) is 2.84. The predicted octanol–water partition coefficient (Wildman–Crippen LogP) is 2.24. The van der Waals surface area contributed by atoms with E-state index >= 15 is 0 Å². The van der Waals surface area contributed by atoms with Crippen molar-refractivity contribution in [3.8, 4) is 0 Å². The molecule has 1 aromatic rings. The summed E-state index contributed by atoms with van der Waals surface area (Å²) < 4.78 is 0. The summed E-state index contributed by atoms with van der Waals surface area (Å²) >= 11 is 1.61. The summed E-state index contributed by atoms with van der Waals surface area (Å²) in [7, 11) is 0. The number of carbonyl (C=O) groups excluding carboxylic acids is 1. The van der Waals surface area contributed by atoms with E-state index in [2.05, 4.69) is 4.98 Å². The van der Waals surface area contributed by atoms with Crippen molar-refractivity contribution in [2.75, 3.05) is 6.54 Å². The third kappa shape index (κ3) is 3.79. The highest BCUT2D eigenvalue weighted by molar-refractivity contribution is 7.09. The Labute approximate surface area is 122 Å². The van der Waals surface area contributed by atoms with Crippen LogP contribution in [0.3, 0.4) is 0 Å². The minimum atomic E-state index is -0.881. The maximum atomic E-state index is 12.2. The summed E-state index contributed by atoms with van der Waals surface area (Å²) in [5.41, 5.74) is 1.01. The molecule has 6 heteroatoms. The normalized spacial score (nSPS) is 19.1. The number of carbonyl (C=O) groups is 2. The average molecular weight is 296 g/mol. The van der Waals surface area contributed by atoms with Crippen molar-refractivity contribution in [3.63, 3.8) is 0 Å². The van der Waals surface area contributed by atoms with Crippen LogP contribution in [0.1, 0.15) is 42.8 Å². The highest BCUT2D eigenvalue weighted by Crippen LogP contribution is 2.19. The molecule has 110 valence electrons. The third-order valence-electron chi connectivity index (χ3n) is 3.56. The Morgan fingerprint density at radius 2 is 2.30 bits per heavy atom. The molecule has 1 atom stereocenters. The Hall–Kier alpha value is -1.43. The molecule has 0 aliphatic carbocycles. The van der Waals surface area contributed by atoms with Gasteiger partial charge in [0.25, 0.3) is 0 Å². The number of nitrogens with zero attached hydrogens (tertiary/aromatic N) is 2. The van der Waals surface area contributed by atoms with Crippen molar-refractivity contribution in [1.29, 1.82) is 0 Å². The molecule has 1 amide bonds. The van der Waals surface area contributed by atoms with Crippen molar-refractivity contribution in [2.45, 2.75) is 51.5 Å². The Kier molecular flexibility index (Phi) is 5.11. The van der Waals surface area contributed by atoms with Gasteiger partial charge in [0.15, 0.2) is 0 Å². The number of thiazole rings is 1. The van der Waals surface area contributed by atoms with Crippen LogP contribution in [-0.4, -0.2) is 39.5 Å². The smallest absolute Gasteiger partial charge is 0.326 e. The second kappa shape index (κ2) is 6.83. The van der Waals surface area contributed by atoms with Crippen LogP contribution in [0.15, 0.2) is 5.38 Å². The number of carboxylic acid groups (broad SMARTS) is 1. The van der Waals surface area contributed by atoms with Crippen LogP contribution in [0, 0.1) is 6.92 Å². The van der Waals surface area contributed by atoms with E-state index in [1.54, 1.807) is 16.2 Å². The van der Waals surface area contributed by atoms with E-state index in [-0.39, 0.29) is 5.91 Å². The Morgan fingerprint density at radius 1 is 1.50 bits per heavy atom. The predicted molar refractivity (Wildman–Crippen MR) is 76.8 cm³/mol. The van der Waals surface area contributed by atoms with Gasteiger partial charge >= 0.3 is 5.97 Å². The van der Waals surface area contributed by atoms with E-state index in [0.29, 0.717) is 19.4 Å². The molecule has 2 heterocycles. The fraction of sp³-hybridized carbons (Fsp3) is 0.643. The molecule has 20 heavy (non-hydrogen) atoms. The first kappa shape index (κ1) is 15.0. The van der Waals surface area contributed by atoms with Gasteiger partial charge in [0.05, 0.1) is 5.01 Å². The summed E-state index contributed by atoms with van der Waals surface area (Å²) in [6.07, 6.45) is 4.29. The van der Waals surface area contributed by atoms with E-state index in [4.69, 9.17) is 5.11 Å². The highest BCUT2D eigenvalue weighted by Gasteiger charge is 2.31. The maximum absolute atomic E-state index is 12.2. The molecule has 0 aromatic carbocycles. The zero-order valence-electron chi connectivity index (χ0n) is 11.7. The summed E-state index contributed by atoms with van der Waals surface area (Å²) in [5, 5.41) is 12.2. The van der Waals surface area contributed by atoms with Gasteiger partial charge in [-0.15, -0.1) is 11.3 Å². The summed E-state index contributed by atoms with van der Waals surface area (Å²) in [6.45, 7) is 2.53. The molecule has 1 saturated heterocycles. The number of aliphatic carboxylic acids is 1. The lowest BCUT2D eigenvalue weighted by Gasteiger charge is -2.33. The highest BCUT2D eigenvalue weighted by atomic mass is 32.1. The van der Waals surface area contributed by atoms with E-state index in [9.17, 15) is 9.59 Å². The summed E-state index contributed by atoms with van der Waals surface area (Å²) in [4.78, 5) is 29.2. The van der Waals surface area contributed by atoms with Gasteiger partial charge < -0.3 is 10.0 Å². The number of aromatic nitrogens is 1. The zero-order valence-corrected chi connectivity index (χ0v) is 12.5. The fourth-order valence-corrected chi connectivity index (χ4v) is 3.36. The van der Waals surface area contributed by atoms with Gasteiger partial charge in [-0.2, -0.15) is 0 Å². The Morgan fingerprint density at radius 3 is 2.95 bits per heavy atom. The zero-order chi connectivity index (χ0) is 14.5. The second-order valence-electron chi connectivity index (χ2n) is 5.17. The van der Waals surface area contributed by atoms with Gasteiger partial charge in [-0.3, -0.25) is 4.79 Å². The number of carboxylic acids is 1. The topological polar surface area (TPSA) is 70.5 Å². The van der Waals surface area contributed by atoms with Crippen molar-refractivity contribution < 1.29 is 14.7 Å². The molecule has 5 nitrogen and oxygen atoms in total. The van der Waals surface area contributed by atoms with Crippen LogP contribution in [0.5, 0.6) is 0 Å². The minimum absolute atomic E-state index is 0.0367. The lowest BCUT2D eigenvalue weighted by atomic mass is 10.0. The molecule has 1 aliphatic heterocycles. The number of rotatable bonds is 5. The summed E-state index contributed by atoms with van der Waals surface area (Å²) in [6, 6.07) is -0.627. The van der Waals surface area contributed by atoms with Gasteiger partial charge in [-0.05, 0) is 39.0 Å². The van der Waals surface area contributed by atoms with E-state index in [1.165, 1.54) is 0 Å². The first-order valence-electron chi connectivity index (χ1n) is 7.01. The molecule has 0 saturated carbocycles. The van der Waals surface area contributed by atoms with Gasteiger partial charge in [0.1, 0.15) is 6.04 Å². The quantitative estimate of drug-likeness (QED) is 0.904. The largest absolute Gasteiger partial charge is 0.480 e. The van der Waals surface area contributed by atoms with Crippen molar-refractivity contribution in [1.82, 2.24) is 9.88 Å². The number of hydrogen-bond donors (Lipinski definition) is 1. The van der Waals surface area contributed by atoms with Gasteiger partial charge in [-0.1, -0.05) is 0 Å². The maximum Gasteiger partial charge on any atom is 0.326 e. The molecule has 0 radical (unpaired) electrons.